The number of hydrogen-bond donors (Lipinski definition) is 1. The fraction of sp³-hybridized carbons (Fsp3) is 0.714. The van der Waals surface area contributed by atoms with Crippen LogP contribution in [-0.4, -0.2) is 70.4 Å². The van der Waals surface area contributed by atoms with E-state index in [1.165, 1.54) is 0 Å². The molecule has 1 N–H and O–H groups in total. The van der Waals surface area contributed by atoms with Crippen molar-refractivity contribution in [2.45, 2.75) is 45.0 Å². The van der Waals surface area contributed by atoms with Crippen LogP contribution in [-0.2, 0) is 18.9 Å². The Kier molecular flexibility index (Phi) is 11.9. The Bertz CT molecular complexity index is 511. The van der Waals surface area contributed by atoms with Gasteiger partial charge in [0.05, 0.1) is 46.2 Å². The Morgan fingerprint density at radius 2 is 1.64 bits per heavy atom. The van der Waals surface area contributed by atoms with E-state index in [-0.39, 0.29) is 12.7 Å². The summed E-state index contributed by atoms with van der Waals surface area (Å²) in [5.41, 5.74) is 0. The monoisotopic (exact) mass is 398 g/mol. The van der Waals surface area contributed by atoms with Crippen molar-refractivity contribution >= 4 is 0 Å². The van der Waals surface area contributed by atoms with Gasteiger partial charge in [0.25, 0.3) is 0 Å². The van der Waals surface area contributed by atoms with Gasteiger partial charge in [-0.25, -0.2) is 0 Å². The molecule has 0 radical (unpaired) electrons. The highest BCUT2D eigenvalue weighted by Gasteiger charge is 2.17. The molecule has 1 heterocycles. The van der Waals surface area contributed by atoms with E-state index in [2.05, 4.69) is 6.92 Å². The first kappa shape index (κ1) is 22.9. The molecule has 0 saturated heterocycles. The Morgan fingerprint density at radius 3 is 2.39 bits per heavy atom. The zero-order valence-electron chi connectivity index (χ0n) is 16.8. The molecule has 0 spiro atoms. The van der Waals surface area contributed by atoms with Crippen LogP contribution in [0, 0.1) is 0 Å². The highest BCUT2D eigenvalue weighted by atomic mass is 16.6. The lowest BCUT2D eigenvalue weighted by Gasteiger charge is -2.22. The zero-order valence-corrected chi connectivity index (χ0v) is 16.8. The third-order valence-corrected chi connectivity index (χ3v) is 4.20. The smallest absolute Gasteiger partial charge is 0.161 e. The van der Waals surface area contributed by atoms with Crippen molar-refractivity contribution in [1.29, 1.82) is 0 Å². The molecule has 0 amide bonds. The highest BCUT2D eigenvalue weighted by molar-refractivity contribution is 5.39. The maximum absolute atomic E-state index is 10.0. The normalized spacial score (nSPS) is 20.7. The third kappa shape index (κ3) is 9.71. The second-order valence-corrected chi connectivity index (χ2v) is 6.62. The topological polar surface area (TPSA) is 75.6 Å². The van der Waals surface area contributed by atoms with E-state index in [0.717, 1.165) is 19.3 Å². The van der Waals surface area contributed by atoms with Crippen LogP contribution in [0.4, 0.5) is 0 Å². The van der Waals surface area contributed by atoms with Gasteiger partial charge in [0.15, 0.2) is 17.8 Å². The summed E-state index contributed by atoms with van der Waals surface area (Å²) < 4.78 is 34.1. The average Bonchev–Trinajstić information content (AvgIpc) is 2.71. The minimum Gasteiger partial charge on any atom is -0.487 e. The van der Waals surface area contributed by atoms with Crippen LogP contribution in [0.15, 0.2) is 24.3 Å². The lowest BCUT2D eigenvalue weighted by Crippen LogP contribution is -2.31. The molecule has 2 unspecified atom stereocenters. The molecule has 1 aromatic carbocycles. The van der Waals surface area contributed by atoms with Crippen molar-refractivity contribution in [1.82, 2.24) is 0 Å². The minimum absolute atomic E-state index is 0.228. The molecule has 7 heteroatoms. The van der Waals surface area contributed by atoms with Crippen molar-refractivity contribution in [3.63, 3.8) is 0 Å². The number of unbranched alkanes of at least 4 members (excludes halogenated alkanes) is 2. The second kappa shape index (κ2) is 14.6. The molecule has 0 saturated carbocycles. The number of aliphatic hydroxyl groups excluding tert-OH is 1. The van der Waals surface area contributed by atoms with Crippen LogP contribution >= 0.6 is 0 Å². The minimum atomic E-state index is -0.793. The molecule has 7 nitrogen and oxygen atoms in total. The number of fused-ring (bicyclic) bond motifs is 1. The van der Waals surface area contributed by atoms with Crippen LogP contribution < -0.4 is 9.47 Å². The molecule has 1 aromatic rings. The van der Waals surface area contributed by atoms with Crippen molar-refractivity contribution in [2.75, 3.05) is 52.9 Å². The second-order valence-electron chi connectivity index (χ2n) is 6.62. The van der Waals surface area contributed by atoms with Gasteiger partial charge < -0.3 is 33.5 Å². The van der Waals surface area contributed by atoms with E-state index in [4.69, 9.17) is 28.4 Å². The van der Waals surface area contributed by atoms with Gasteiger partial charge >= 0.3 is 0 Å². The molecule has 160 valence electrons. The number of para-hydroxylation sites is 2. The summed E-state index contributed by atoms with van der Waals surface area (Å²) in [5.74, 6) is 1.26. The van der Waals surface area contributed by atoms with Gasteiger partial charge in [-0.1, -0.05) is 31.9 Å². The summed E-state index contributed by atoms with van der Waals surface area (Å²) in [6.45, 7) is 5.58. The van der Waals surface area contributed by atoms with Gasteiger partial charge in [0.2, 0.25) is 0 Å². The largest absolute Gasteiger partial charge is 0.487 e. The molecular weight excluding hydrogens is 364 g/mol. The van der Waals surface area contributed by atoms with Gasteiger partial charge in [0, 0.05) is 0 Å². The van der Waals surface area contributed by atoms with Crippen molar-refractivity contribution < 1.29 is 33.5 Å². The summed E-state index contributed by atoms with van der Waals surface area (Å²) in [5, 5.41) is 10.0. The lowest BCUT2D eigenvalue weighted by atomic mass is 10.2. The number of benzene rings is 1. The van der Waals surface area contributed by atoms with Crippen LogP contribution in [0.1, 0.15) is 32.6 Å². The summed E-state index contributed by atoms with van der Waals surface area (Å²) >= 11 is 0. The Balaban J connectivity index is 1.93. The van der Waals surface area contributed by atoms with E-state index in [1.807, 2.05) is 24.3 Å². The van der Waals surface area contributed by atoms with E-state index in [9.17, 15) is 5.11 Å². The first-order chi connectivity index (χ1) is 13.8. The van der Waals surface area contributed by atoms with Crippen LogP contribution in [0.25, 0.3) is 0 Å². The van der Waals surface area contributed by atoms with Gasteiger partial charge in [-0.3, -0.25) is 0 Å². The van der Waals surface area contributed by atoms with Crippen molar-refractivity contribution in [3.8, 4) is 11.5 Å². The van der Waals surface area contributed by atoms with Crippen LogP contribution in [0.3, 0.4) is 0 Å². The Morgan fingerprint density at radius 1 is 0.964 bits per heavy atom. The highest BCUT2D eigenvalue weighted by Crippen LogP contribution is 2.27. The van der Waals surface area contributed by atoms with Crippen LogP contribution in [0.5, 0.6) is 11.5 Å². The quantitative estimate of drug-likeness (QED) is 0.559. The summed E-state index contributed by atoms with van der Waals surface area (Å²) in [6, 6.07) is 7.49. The summed E-state index contributed by atoms with van der Waals surface area (Å²) in [7, 11) is 0. The van der Waals surface area contributed by atoms with Gasteiger partial charge in [-0.05, 0) is 25.0 Å². The lowest BCUT2D eigenvalue weighted by molar-refractivity contribution is -0.130. The third-order valence-electron chi connectivity index (χ3n) is 4.20. The van der Waals surface area contributed by atoms with Gasteiger partial charge in [-0.15, -0.1) is 0 Å². The average molecular weight is 398 g/mol. The fourth-order valence-electron chi connectivity index (χ4n) is 2.70. The number of hydrogen-bond acceptors (Lipinski definition) is 7. The van der Waals surface area contributed by atoms with E-state index >= 15 is 0 Å². The fourth-order valence-corrected chi connectivity index (χ4v) is 2.70. The Labute approximate surface area is 167 Å². The van der Waals surface area contributed by atoms with Crippen molar-refractivity contribution in [3.05, 3.63) is 24.3 Å². The number of rotatable bonds is 7. The number of aliphatic hydroxyl groups is 1. The van der Waals surface area contributed by atoms with E-state index in [0.29, 0.717) is 64.2 Å². The predicted octanol–water partition coefficient (Wildman–Crippen LogP) is 2.79. The molecule has 0 bridgehead atoms. The standard InChI is InChI=1S/C21H34O7/c1-2-3-4-9-21(22)27-17-18-16-25-13-12-23-10-11-24-14-15-26-19-7-5-6-8-20(19)28-18/h5-8,18,21-22H,2-4,9-17H2,1H3. The molecule has 0 aromatic heterocycles. The van der Waals surface area contributed by atoms with E-state index in [1.54, 1.807) is 0 Å². The molecule has 2 atom stereocenters. The van der Waals surface area contributed by atoms with E-state index < -0.39 is 6.29 Å². The predicted molar refractivity (Wildman–Crippen MR) is 105 cm³/mol. The Hall–Kier alpha value is -1.38. The molecule has 1 aliphatic rings. The number of ether oxygens (including phenoxy) is 6. The maximum Gasteiger partial charge on any atom is 0.161 e. The van der Waals surface area contributed by atoms with Gasteiger partial charge in [-0.2, -0.15) is 0 Å². The molecule has 0 aliphatic carbocycles. The molecule has 28 heavy (non-hydrogen) atoms. The summed E-state index contributed by atoms with van der Waals surface area (Å²) in [6.07, 6.45) is 2.59. The van der Waals surface area contributed by atoms with Gasteiger partial charge in [0.1, 0.15) is 12.7 Å². The first-order valence-corrected chi connectivity index (χ1v) is 10.2. The maximum atomic E-state index is 10.0. The first-order valence-electron chi connectivity index (χ1n) is 10.2. The molecule has 2 rings (SSSR count). The molecular formula is C21H34O7. The van der Waals surface area contributed by atoms with Crippen molar-refractivity contribution in [2.24, 2.45) is 0 Å². The van der Waals surface area contributed by atoms with Crippen LogP contribution in [0.2, 0.25) is 0 Å². The molecule has 0 fully saturated rings. The SMILES string of the molecule is CCCCCC(O)OCC1COCCOCCOCCOc2ccccc2O1. The zero-order chi connectivity index (χ0) is 19.9. The summed E-state index contributed by atoms with van der Waals surface area (Å²) in [4.78, 5) is 0. The molecule has 1 aliphatic heterocycles.